The van der Waals surface area contributed by atoms with E-state index in [-0.39, 0.29) is 0 Å². The van der Waals surface area contributed by atoms with Crippen LogP contribution in [0.25, 0.3) is 0 Å². The van der Waals surface area contributed by atoms with Crippen LogP contribution in [0.2, 0.25) is 5.02 Å². The summed E-state index contributed by atoms with van der Waals surface area (Å²) in [6.45, 7) is 9.80. The van der Waals surface area contributed by atoms with Crippen LogP contribution in [-0.2, 0) is 0 Å². The number of anilines is 3. The van der Waals surface area contributed by atoms with Gasteiger partial charge in [-0.3, -0.25) is 0 Å². The summed E-state index contributed by atoms with van der Waals surface area (Å²) >= 11 is 5.94. The molecule has 2 aromatic heterocycles. The number of pyridine rings is 1. The lowest BCUT2D eigenvalue weighted by Crippen LogP contribution is -2.48. The molecule has 2 aliphatic heterocycles. The minimum atomic E-state index is 0.669. The van der Waals surface area contributed by atoms with E-state index in [1.165, 1.54) is 0 Å². The van der Waals surface area contributed by atoms with E-state index in [1.54, 1.807) is 6.20 Å². The topological polar surface area (TPSA) is 51.6 Å². The minimum absolute atomic E-state index is 0.669. The van der Waals surface area contributed by atoms with E-state index in [2.05, 4.69) is 44.6 Å². The normalized spacial score (nSPS) is 18.9. The average Bonchev–Trinajstić information content (AvgIpc) is 2.69. The van der Waals surface area contributed by atoms with Crippen molar-refractivity contribution in [2.24, 2.45) is 0 Å². The number of likely N-dealkylation sites (N-methyl/N-ethyl adjacent to an activating group) is 1. The fraction of sp³-hybridized carbons (Fsp3) is 0.526. The number of hydrogen-bond acceptors (Lipinski definition) is 7. The molecule has 0 N–H and O–H groups in total. The lowest BCUT2D eigenvalue weighted by atomic mass is 10.3. The summed E-state index contributed by atoms with van der Waals surface area (Å²) in [4.78, 5) is 23.3. The smallest absolute Gasteiger partial charge is 0.227 e. The molecular weight excluding hydrogens is 362 g/mol. The van der Waals surface area contributed by atoms with Crippen molar-refractivity contribution in [2.75, 3.05) is 74.1 Å². The number of aryl methyl sites for hydroxylation is 1. The molecule has 0 unspecified atom stereocenters. The molecule has 0 aromatic carbocycles. The highest BCUT2D eigenvalue weighted by Crippen LogP contribution is 2.21. The summed E-state index contributed by atoms with van der Waals surface area (Å²) in [5.74, 6) is 2.86. The van der Waals surface area contributed by atoms with Crippen molar-refractivity contribution >= 4 is 29.2 Å². The van der Waals surface area contributed by atoms with Gasteiger partial charge in [0.15, 0.2) is 0 Å². The van der Waals surface area contributed by atoms with Crippen molar-refractivity contribution in [1.29, 1.82) is 0 Å². The molecule has 2 aliphatic rings. The maximum Gasteiger partial charge on any atom is 0.227 e. The Bertz CT molecular complexity index is 766. The highest BCUT2D eigenvalue weighted by molar-refractivity contribution is 6.30. The fourth-order valence-electron chi connectivity index (χ4n) is 3.57. The Kier molecular flexibility index (Phi) is 5.31. The summed E-state index contributed by atoms with van der Waals surface area (Å²) in [7, 11) is 2.17. The van der Waals surface area contributed by atoms with Crippen molar-refractivity contribution in [1.82, 2.24) is 19.9 Å². The van der Waals surface area contributed by atoms with Crippen molar-refractivity contribution in [3.8, 4) is 0 Å². The zero-order valence-corrected chi connectivity index (χ0v) is 16.7. The van der Waals surface area contributed by atoms with E-state index in [1.807, 2.05) is 12.1 Å². The third-order valence-electron chi connectivity index (χ3n) is 5.25. The average molecular weight is 388 g/mol. The Balaban J connectivity index is 1.44. The first-order chi connectivity index (χ1) is 13.1. The first-order valence-corrected chi connectivity index (χ1v) is 9.87. The van der Waals surface area contributed by atoms with Crippen molar-refractivity contribution in [3.63, 3.8) is 0 Å². The SMILES string of the molecule is Cc1cc(N2CCN(C)CC2)nc(N2CCN(c3ccc(Cl)cn3)CC2)n1. The first kappa shape index (κ1) is 18.3. The van der Waals surface area contributed by atoms with Gasteiger partial charge in [0, 0.05) is 70.3 Å². The van der Waals surface area contributed by atoms with Gasteiger partial charge in [0.2, 0.25) is 5.95 Å². The van der Waals surface area contributed by atoms with E-state index in [9.17, 15) is 0 Å². The van der Waals surface area contributed by atoms with Crippen molar-refractivity contribution < 1.29 is 0 Å². The Morgan fingerprint density at radius 3 is 2.11 bits per heavy atom. The van der Waals surface area contributed by atoms with E-state index in [0.29, 0.717) is 5.02 Å². The maximum atomic E-state index is 5.94. The molecule has 2 fully saturated rings. The number of aromatic nitrogens is 3. The second kappa shape index (κ2) is 7.86. The summed E-state index contributed by atoms with van der Waals surface area (Å²) < 4.78 is 0. The zero-order chi connectivity index (χ0) is 18.8. The van der Waals surface area contributed by atoms with Crippen LogP contribution in [0.15, 0.2) is 24.4 Å². The molecule has 0 spiro atoms. The number of rotatable bonds is 3. The van der Waals surface area contributed by atoms with Gasteiger partial charge in [-0.05, 0) is 26.1 Å². The predicted molar refractivity (Wildman–Crippen MR) is 110 cm³/mol. The van der Waals surface area contributed by atoms with Gasteiger partial charge in [0.25, 0.3) is 0 Å². The molecule has 0 atom stereocenters. The summed E-state index contributed by atoms with van der Waals surface area (Å²) in [5, 5.41) is 0.669. The van der Waals surface area contributed by atoms with E-state index < -0.39 is 0 Å². The molecule has 27 heavy (non-hydrogen) atoms. The van der Waals surface area contributed by atoms with Gasteiger partial charge in [-0.1, -0.05) is 11.6 Å². The Labute approximate surface area is 165 Å². The third kappa shape index (κ3) is 4.25. The summed E-state index contributed by atoms with van der Waals surface area (Å²) in [6, 6.07) is 5.97. The quantitative estimate of drug-likeness (QED) is 0.797. The van der Waals surface area contributed by atoms with Gasteiger partial charge >= 0.3 is 0 Å². The third-order valence-corrected chi connectivity index (χ3v) is 5.48. The zero-order valence-electron chi connectivity index (χ0n) is 16.0. The predicted octanol–water partition coefficient (Wildman–Crippen LogP) is 1.91. The van der Waals surface area contributed by atoms with Crippen LogP contribution in [0, 0.1) is 6.92 Å². The fourth-order valence-corrected chi connectivity index (χ4v) is 3.68. The van der Waals surface area contributed by atoms with E-state index in [0.717, 1.165) is 75.6 Å². The molecule has 2 saturated heterocycles. The van der Waals surface area contributed by atoms with Gasteiger partial charge in [-0.15, -0.1) is 0 Å². The second-order valence-corrected chi connectivity index (χ2v) is 7.70. The van der Waals surface area contributed by atoms with Gasteiger partial charge in [-0.2, -0.15) is 4.98 Å². The van der Waals surface area contributed by atoms with Crippen LogP contribution in [-0.4, -0.2) is 79.3 Å². The van der Waals surface area contributed by atoms with Crippen molar-refractivity contribution in [3.05, 3.63) is 35.1 Å². The highest BCUT2D eigenvalue weighted by Gasteiger charge is 2.22. The molecule has 144 valence electrons. The second-order valence-electron chi connectivity index (χ2n) is 7.27. The number of hydrogen-bond donors (Lipinski definition) is 0. The van der Waals surface area contributed by atoms with Crippen molar-refractivity contribution in [2.45, 2.75) is 6.92 Å². The Morgan fingerprint density at radius 2 is 1.44 bits per heavy atom. The molecule has 7 nitrogen and oxygen atoms in total. The monoisotopic (exact) mass is 387 g/mol. The molecule has 2 aromatic rings. The highest BCUT2D eigenvalue weighted by atomic mass is 35.5. The van der Waals surface area contributed by atoms with Crippen LogP contribution < -0.4 is 14.7 Å². The van der Waals surface area contributed by atoms with Crippen LogP contribution >= 0.6 is 11.6 Å². The van der Waals surface area contributed by atoms with Gasteiger partial charge in [0.1, 0.15) is 11.6 Å². The Hall–Kier alpha value is -2.12. The molecule has 0 radical (unpaired) electrons. The molecule has 4 rings (SSSR count). The van der Waals surface area contributed by atoms with Crippen LogP contribution in [0.3, 0.4) is 0 Å². The lowest BCUT2D eigenvalue weighted by Gasteiger charge is -2.36. The first-order valence-electron chi connectivity index (χ1n) is 9.49. The molecular formula is C19H26ClN7. The molecule has 8 heteroatoms. The number of piperazine rings is 2. The molecule has 0 aliphatic carbocycles. The largest absolute Gasteiger partial charge is 0.354 e. The summed E-state index contributed by atoms with van der Waals surface area (Å²) in [5.41, 5.74) is 1.02. The van der Waals surface area contributed by atoms with E-state index >= 15 is 0 Å². The molecule has 0 bridgehead atoms. The van der Waals surface area contributed by atoms with Crippen LogP contribution in [0.5, 0.6) is 0 Å². The van der Waals surface area contributed by atoms with Crippen LogP contribution in [0.4, 0.5) is 17.6 Å². The molecule has 0 saturated carbocycles. The maximum absolute atomic E-state index is 5.94. The van der Waals surface area contributed by atoms with Crippen LogP contribution in [0.1, 0.15) is 5.69 Å². The molecule has 0 amide bonds. The lowest BCUT2D eigenvalue weighted by molar-refractivity contribution is 0.312. The van der Waals surface area contributed by atoms with Gasteiger partial charge in [-0.25, -0.2) is 9.97 Å². The standard InChI is InChI=1S/C19H26ClN7/c1-15-13-18(26-7-5-24(2)6-8-26)23-19(22-15)27-11-9-25(10-12-27)17-4-3-16(20)14-21-17/h3-4,13-14H,5-12H2,1-2H3. The Morgan fingerprint density at radius 1 is 0.815 bits per heavy atom. The number of halogens is 1. The number of nitrogens with zero attached hydrogens (tertiary/aromatic N) is 7. The van der Waals surface area contributed by atoms with Gasteiger partial charge in [0.05, 0.1) is 5.02 Å². The summed E-state index contributed by atoms with van der Waals surface area (Å²) in [6.07, 6.45) is 1.70. The van der Waals surface area contributed by atoms with E-state index in [4.69, 9.17) is 21.6 Å². The minimum Gasteiger partial charge on any atom is -0.354 e. The molecule has 4 heterocycles. The van der Waals surface area contributed by atoms with Gasteiger partial charge < -0.3 is 19.6 Å².